The maximum Gasteiger partial charge on any atom is 0.217 e. The fourth-order valence-electron chi connectivity index (χ4n) is 5.48. The van der Waals surface area contributed by atoms with E-state index < -0.39 is 12.1 Å². The van der Waals surface area contributed by atoms with E-state index in [-0.39, 0.29) is 12.5 Å². The summed E-state index contributed by atoms with van der Waals surface area (Å²) in [7, 11) is 1.84. The lowest BCUT2D eigenvalue weighted by Gasteiger charge is -2.32. The first-order chi connectivity index (χ1) is 20.4. The predicted octanol–water partition coefficient (Wildman–Crippen LogP) is 4.34. The molecule has 1 saturated heterocycles. The molecule has 218 valence electrons. The Bertz CT molecular complexity index is 1700. The van der Waals surface area contributed by atoms with E-state index in [1.807, 2.05) is 25.2 Å². The summed E-state index contributed by atoms with van der Waals surface area (Å²) in [5.74, 6) is 1.26. The molecule has 0 radical (unpaired) electrons. The SMILES string of the molecule is Cn1nncc1Cn1c(CN2CCC(c3cccnc3OCc3ccc(Cl)cc3F)CC2)nc2ccc(C(O)O)cc21. The third-order valence-electron chi connectivity index (χ3n) is 7.85. The number of fused-ring (bicyclic) bond motifs is 1. The first-order valence-corrected chi connectivity index (χ1v) is 14.2. The summed E-state index contributed by atoms with van der Waals surface area (Å²) in [4.78, 5) is 11.7. The standard InChI is InChI=1S/C30H31ClFN7O3/c1-37-23(15-34-36-37)16-39-27-13-20(30(40)41)5-7-26(27)35-28(39)17-38-11-8-19(9-12-38)24-3-2-10-33-29(24)42-18-21-4-6-22(31)14-25(21)32/h2-7,10,13-15,19,30,40-41H,8-9,11-12,16-18H2,1H3. The molecule has 0 aliphatic carbocycles. The van der Waals surface area contributed by atoms with Crippen molar-refractivity contribution in [3.8, 4) is 5.88 Å². The van der Waals surface area contributed by atoms with Gasteiger partial charge >= 0.3 is 0 Å². The number of aromatic nitrogens is 6. The Morgan fingerprint density at radius 1 is 1.10 bits per heavy atom. The van der Waals surface area contributed by atoms with Gasteiger partial charge in [0.15, 0.2) is 6.29 Å². The normalized spacial score (nSPS) is 14.7. The second-order valence-corrected chi connectivity index (χ2v) is 11.0. The molecular weight excluding hydrogens is 561 g/mol. The largest absolute Gasteiger partial charge is 0.472 e. The zero-order chi connectivity index (χ0) is 29.2. The van der Waals surface area contributed by atoms with Gasteiger partial charge in [0.05, 0.1) is 36.0 Å². The highest BCUT2D eigenvalue weighted by Crippen LogP contribution is 2.34. The Morgan fingerprint density at radius 2 is 1.93 bits per heavy atom. The molecule has 12 heteroatoms. The molecule has 4 heterocycles. The van der Waals surface area contributed by atoms with Crippen LogP contribution in [0.25, 0.3) is 11.0 Å². The summed E-state index contributed by atoms with van der Waals surface area (Å²) in [6.07, 6.45) is 3.66. The number of piperidine rings is 1. The third-order valence-corrected chi connectivity index (χ3v) is 8.09. The van der Waals surface area contributed by atoms with Crippen molar-refractivity contribution in [2.45, 2.75) is 44.7 Å². The summed E-state index contributed by atoms with van der Waals surface area (Å²) < 4.78 is 24.1. The van der Waals surface area contributed by atoms with Crippen molar-refractivity contribution in [2.75, 3.05) is 13.1 Å². The quantitative estimate of drug-likeness (QED) is 0.243. The topological polar surface area (TPSA) is 114 Å². The number of pyridine rings is 1. The molecule has 1 aliphatic heterocycles. The minimum atomic E-state index is -1.56. The van der Waals surface area contributed by atoms with Crippen LogP contribution in [0.15, 0.2) is 60.9 Å². The average molecular weight is 592 g/mol. The van der Waals surface area contributed by atoms with E-state index in [2.05, 4.69) is 24.8 Å². The molecule has 0 unspecified atom stereocenters. The summed E-state index contributed by atoms with van der Waals surface area (Å²) in [6.45, 7) is 2.91. The van der Waals surface area contributed by atoms with Crippen LogP contribution in [0.4, 0.5) is 4.39 Å². The Morgan fingerprint density at radius 3 is 2.67 bits per heavy atom. The minimum Gasteiger partial charge on any atom is -0.472 e. The number of nitrogens with zero attached hydrogens (tertiary/aromatic N) is 7. The number of hydrogen-bond acceptors (Lipinski definition) is 8. The second kappa shape index (κ2) is 12.1. The number of hydrogen-bond donors (Lipinski definition) is 2. The minimum absolute atomic E-state index is 0.0727. The van der Waals surface area contributed by atoms with Gasteiger partial charge in [0, 0.05) is 35.0 Å². The van der Waals surface area contributed by atoms with Crippen molar-refractivity contribution in [1.82, 2.24) is 34.4 Å². The number of rotatable bonds is 9. The van der Waals surface area contributed by atoms with Crippen LogP contribution in [0.2, 0.25) is 5.02 Å². The highest BCUT2D eigenvalue weighted by Gasteiger charge is 2.26. The monoisotopic (exact) mass is 591 g/mol. The first kappa shape index (κ1) is 28.2. The number of halogens is 2. The van der Waals surface area contributed by atoms with Gasteiger partial charge in [-0.2, -0.15) is 0 Å². The van der Waals surface area contributed by atoms with E-state index in [0.717, 1.165) is 54.0 Å². The van der Waals surface area contributed by atoms with Gasteiger partial charge in [-0.3, -0.25) is 9.58 Å². The fraction of sp³-hybridized carbons (Fsp3) is 0.333. The molecule has 5 aromatic rings. The second-order valence-electron chi connectivity index (χ2n) is 10.6. The summed E-state index contributed by atoms with van der Waals surface area (Å²) >= 11 is 5.88. The van der Waals surface area contributed by atoms with Crippen LogP contribution in [0.3, 0.4) is 0 Å². The Labute approximate surface area is 247 Å². The van der Waals surface area contributed by atoms with Gasteiger partial charge in [-0.25, -0.2) is 14.4 Å². The van der Waals surface area contributed by atoms with Crippen molar-refractivity contribution >= 4 is 22.6 Å². The lowest BCUT2D eigenvalue weighted by molar-refractivity contribution is -0.0424. The van der Waals surface area contributed by atoms with Crippen LogP contribution < -0.4 is 4.74 Å². The molecule has 42 heavy (non-hydrogen) atoms. The van der Waals surface area contributed by atoms with Crippen LogP contribution in [0.1, 0.15) is 53.3 Å². The summed E-state index contributed by atoms with van der Waals surface area (Å²) in [5, 5.41) is 27.9. The van der Waals surface area contributed by atoms with E-state index in [1.54, 1.807) is 41.3 Å². The van der Waals surface area contributed by atoms with Crippen LogP contribution >= 0.6 is 11.6 Å². The van der Waals surface area contributed by atoms with Crippen LogP contribution in [0, 0.1) is 5.82 Å². The molecule has 0 atom stereocenters. The molecule has 3 aromatic heterocycles. The van der Waals surface area contributed by atoms with Gasteiger partial charge in [-0.1, -0.05) is 35.0 Å². The number of likely N-dealkylation sites (tertiary alicyclic amines) is 1. The first-order valence-electron chi connectivity index (χ1n) is 13.8. The molecule has 10 nitrogen and oxygen atoms in total. The number of aliphatic hydroxyl groups excluding tert-OH is 1. The highest BCUT2D eigenvalue weighted by molar-refractivity contribution is 6.30. The molecule has 0 saturated carbocycles. The third kappa shape index (κ3) is 6.00. The molecule has 2 aromatic carbocycles. The molecule has 2 N–H and O–H groups in total. The smallest absolute Gasteiger partial charge is 0.217 e. The molecule has 1 aliphatic rings. The van der Waals surface area contributed by atoms with Gasteiger partial charge in [0.2, 0.25) is 5.88 Å². The highest BCUT2D eigenvalue weighted by atomic mass is 35.5. The maximum atomic E-state index is 14.3. The summed E-state index contributed by atoms with van der Waals surface area (Å²) in [6, 6.07) is 13.8. The number of aryl methyl sites for hydroxylation is 1. The predicted molar refractivity (Wildman–Crippen MR) is 154 cm³/mol. The maximum absolute atomic E-state index is 14.3. The van der Waals surface area contributed by atoms with Crippen molar-refractivity contribution in [3.63, 3.8) is 0 Å². The van der Waals surface area contributed by atoms with E-state index in [9.17, 15) is 14.6 Å². The molecule has 0 amide bonds. The van der Waals surface area contributed by atoms with Crippen molar-refractivity contribution in [2.24, 2.45) is 7.05 Å². The molecule has 0 bridgehead atoms. The van der Waals surface area contributed by atoms with Gasteiger partial charge in [0.25, 0.3) is 0 Å². The van der Waals surface area contributed by atoms with Gasteiger partial charge < -0.3 is 19.5 Å². The summed E-state index contributed by atoms with van der Waals surface area (Å²) in [5.41, 5.74) is 4.38. The van der Waals surface area contributed by atoms with Gasteiger partial charge in [0.1, 0.15) is 18.2 Å². The lowest BCUT2D eigenvalue weighted by Crippen LogP contribution is -2.33. The molecular formula is C30H31ClFN7O3. The van der Waals surface area contributed by atoms with Crippen LogP contribution in [-0.4, -0.2) is 57.7 Å². The zero-order valence-electron chi connectivity index (χ0n) is 23.1. The van der Waals surface area contributed by atoms with E-state index in [1.165, 1.54) is 6.07 Å². The average Bonchev–Trinajstić information content (AvgIpc) is 3.55. The van der Waals surface area contributed by atoms with Gasteiger partial charge in [-0.15, -0.1) is 5.10 Å². The van der Waals surface area contributed by atoms with E-state index in [4.69, 9.17) is 21.3 Å². The number of imidazole rings is 1. The van der Waals surface area contributed by atoms with E-state index in [0.29, 0.717) is 35.1 Å². The number of benzene rings is 2. The fourth-order valence-corrected chi connectivity index (χ4v) is 5.64. The van der Waals surface area contributed by atoms with Crippen LogP contribution in [-0.2, 0) is 26.7 Å². The zero-order valence-corrected chi connectivity index (χ0v) is 23.8. The Kier molecular flexibility index (Phi) is 8.16. The van der Waals surface area contributed by atoms with Crippen molar-refractivity contribution < 1.29 is 19.3 Å². The molecule has 6 rings (SSSR count). The number of ether oxygens (including phenoxy) is 1. The molecule has 1 fully saturated rings. The molecule has 0 spiro atoms. The van der Waals surface area contributed by atoms with Gasteiger partial charge in [-0.05, 0) is 62.2 Å². The Hall–Kier alpha value is -3.90. The lowest BCUT2D eigenvalue weighted by atomic mass is 9.90. The van der Waals surface area contributed by atoms with Crippen LogP contribution in [0.5, 0.6) is 5.88 Å². The van der Waals surface area contributed by atoms with Crippen molar-refractivity contribution in [3.05, 3.63) is 100.0 Å². The van der Waals surface area contributed by atoms with E-state index >= 15 is 0 Å². The Balaban J connectivity index is 1.17. The van der Waals surface area contributed by atoms with Crippen molar-refractivity contribution in [1.29, 1.82) is 0 Å². The number of aliphatic hydroxyl groups is 2.